The summed E-state index contributed by atoms with van der Waals surface area (Å²) >= 11 is 5.17. The van der Waals surface area contributed by atoms with E-state index in [9.17, 15) is 0 Å². The van der Waals surface area contributed by atoms with E-state index in [2.05, 4.69) is 25.0 Å². The van der Waals surface area contributed by atoms with Crippen LogP contribution in [0.3, 0.4) is 0 Å². The van der Waals surface area contributed by atoms with E-state index in [4.69, 9.17) is 11.8 Å². The van der Waals surface area contributed by atoms with Gasteiger partial charge in [-0.15, -0.1) is 11.0 Å². The molecule has 1 unspecified atom stereocenters. The minimum Gasteiger partial charge on any atom is -0.148 e. The molecule has 0 saturated heterocycles. The second-order valence-electron chi connectivity index (χ2n) is 1.60. The Labute approximate surface area is 66.4 Å². The Kier molecular flexibility index (Phi) is 7.18. The first-order valence-corrected chi connectivity index (χ1v) is 7.22. The largest absolute Gasteiger partial charge is 0.148 e. The first-order valence-electron chi connectivity index (χ1n) is 3.13. The highest BCUT2D eigenvalue weighted by Crippen LogP contribution is 2.17. The van der Waals surface area contributed by atoms with Gasteiger partial charge in [0.2, 0.25) is 0 Å². The van der Waals surface area contributed by atoms with Crippen molar-refractivity contribution < 1.29 is 0 Å². The van der Waals surface area contributed by atoms with Crippen LogP contribution in [0.15, 0.2) is 0 Å². The molecule has 0 fully saturated rings. The van der Waals surface area contributed by atoms with Gasteiger partial charge in [0.05, 0.1) is 0 Å². The summed E-state index contributed by atoms with van der Waals surface area (Å²) in [6.07, 6.45) is 2.27. The molecule has 0 aliphatic rings. The molecule has 0 aromatic heterocycles. The Hall–Kier alpha value is 0.610. The fourth-order valence-corrected chi connectivity index (χ4v) is 3.89. The summed E-state index contributed by atoms with van der Waals surface area (Å²) in [6, 6.07) is 0. The molecule has 0 aromatic carbocycles. The maximum atomic E-state index is 5.17. The summed E-state index contributed by atoms with van der Waals surface area (Å²) in [4.78, 5) is 0. The van der Waals surface area contributed by atoms with Crippen LogP contribution in [-0.4, -0.2) is 11.2 Å². The molecule has 0 saturated carbocycles. The van der Waals surface area contributed by atoms with Crippen LogP contribution in [0.1, 0.15) is 26.7 Å². The van der Waals surface area contributed by atoms with Gasteiger partial charge in [0, 0.05) is 0 Å². The monoisotopic (exact) mass is 180 g/mol. The third-order valence-electron chi connectivity index (χ3n) is 0.717. The summed E-state index contributed by atoms with van der Waals surface area (Å²) in [7, 11) is 1.36. The van der Waals surface area contributed by atoms with Gasteiger partial charge in [-0.25, -0.2) is 0 Å². The van der Waals surface area contributed by atoms with Gasteiger partial charge in [0.15, 0.2) is 0 Å². The topological polar surface area (TPSA) is 0 Å². The molecule has 0 spiro atoms. The molecule has 0 rings (SSSR count). The van der Waals surface area contributed by atoms with Crippen LogP contribution >= 0.6 is 16.5 Å². The first kappa shape index (κ1) is 9.61. The number of thiol groups is 1. The van der Waals surface area contributed by atoms with Crippen molar-refractivity contribution in [2.45, 2.75) is 26.7 Å². The lowest BCUT2D eigenvalue weighted by Crippen LogP contribution is -1.58. The van der Waals surface area contributed by atoms with E-state index in [0.717, 1.165) is 12.8 Å². The third kappa shape index (κ3) is 6.50. The summed E-state index contributed by atoms with van der Waals surface area (Å²) < 4.78 is 0. The van der Waals surface area contributed by atoms with Crippen molar-refractivity contribution in [3.05, 3.63) is 0 Å². The van der Waals surface area contributed by atoms with E-state index in [-0.39, 0.29) is 5.52 Å². The highest BCUT2D eigenvalue weighted by molar-refractivity contribution is 8.61. The van der Waals surface area contributed by atoms with Gasteiger partial charge in [-0.05, 0) is 24.2 Å². The fourth-order valence-electron chi connectivity index (χ4n) is 0.365. The molecule has 0 heterocycles. The van der Waals surface area contributed by atoms with Crippen LogP contribution in [-0.2, 0) is 11.8 Å². The zero-order valence-electron chi connectivity index (χ0n) is 5.87. The molecule has 0 aliphatic heterocycles. The van der Waals surface area contributed by atoms with E-state index < -0.39 is 0 Å². The van der Waals surface area contributed by atoms with Gasteiger partial charge < -0.3 is 0 Å². The molecule has 0 amide bonds. The lowest BCUT2D eigenvalue weighted by atomic mass is 10.6. The Balaban J connectivity index is 3.76. The van der Waals surface area contributed by atoms with E-state index in [0.29, 0.717) is 0 Å². The summed E-state index contributed by atoms with van der Waals surface area (Å²) in [6.45, 7) is 4.29. The van der Waals surface area contributed by atoms with Crippen LogP contribution in [0.4, 0.5) is 0 Å². The van der Waals surface area contributed by atoms with Crippen LogP contribution in [0, 0.1) is 0 Å². The number of rotatable bonds is 3. The van der Waals surface area contributed by atoms with Crippen molar-refractivity contribution in [2.75, 3.05) is 0 Å². The second-order valence-corrected chi connectivity index (χ2v) is 7.14. The maximum Gasteiger partial charge on any atom is -0.0109 e. The SMILES string of the molecule is CCC=[SH]P(=S)=CCC. The first-order chi connectivity index (χ1) is 4.31. The second kappa shape index (κ2) is 6.73. The lowest BCUT2D eigenvalue weighted by molar-refractivity contribution is 1.35. The molecule has 0 aliphatic carbocycles. The van der Waals surface area contributed by atoms with Crippen molar-refractivity contribution in [1.29, 1.82) is 0 Å². The smallest absolute Gasteiger partial charge is 0.0109 e. The Bertz CT molecular complexity index is 154. The molecule has 54 valence electrons. The maximum absolute atomic E-state index is 5.17. The van der Waals surface area contributed by atoms with E-state index in [1.807, 2.05) is 0 Å². The Morgan fingerprint density at radius 2 is 2.11 bits per heavy atom. The van der Waals surface area contributed by atoms with Gasteiger partial charge in [-0.1, -0.05) is 31.0 Å². The Morgan fingerprint density at radius 1 is 1.44 bits per heavy atom. The minimum absolute atomic E-state index is 0.212. The van der Waals surface area contributed by atoms with Gasteiger partial charge in [0.1, 0.15) is 0 Å². The lowest BCUT2D eigenvalue weighted by Gasteiger charge is -1.79. The Morgan fingerprint density at radius 3 is 2.56 bits per heavy atom. The van der Waals surface area contributed by atoms with Gasteiger partial charge in [-0.3, -0.25) is 0 Å². The normalized spacial score (nSPS) is 13.8. The highest BCUT2D eigenvalue weighted by atomic mass is 32.9. The molecule has 0 N–H and O–H groups in total. The predicted molar refractivity (Wildman–Crippen MR) is 56.0 cm³/mol. The van der Waals surface area contributed by atoms with Gasteiger partial charge in [-0.2, -0.15) is 0 Å². The molecular weight excluding hydrogens is 167 g/mol. The molecule has 0 nitrogen and oxygen atoms in total. The zero-order chi connectivity index (χ0) is 7.11. The summed E-state index contributed by atoms with van der Waals surface area (Å²) in [5.74, 6) is 2.23. The summed E-state index contributed by atoms with van der Waals surface area (Å²) in [5, 5.41) is 2.24. The van der Waals surface area contributed by atoms with Crippen molar-refractivity contribution in [1.82, 2.24) is 0 Å². The molecular formula is C6H13PS2. The van der Waals surface area contributed by atoms with Crippen LogP contribution in [0.5, 0.6) is 0 Å². The van der Waals surface area contributed by atoms with Gasteiger partial charge in [0.25, 0.3) is 0 Å². The van der Waals surface area contributed by atoms with Crippen LogP contribution in [0.25, 0.3) is 0 Å². The fraction of sp³-hybridized carbons (Fsp3) is 0.667. The number of hydrogen-bond acceptors (Lipinski definition) is 1. The summed E-state index contributed by atoms with van der Waals surface area (Å²) in [5.41, 5.74) is -0.212. The zero-order valence-corrected chi connectivity index (χ0v) is 8.48. The van der Waals surface area contributed by atoms with Crippen molar-refractivity contribution in [2.24, 2.45) is 0 Å². The molecule has 0 aromatic rings. The van der Waals surface area contributed by atoms with E-state index in [1.54, 1.807) is 0 Å². The number of hydrogen-bond donors (Lipinski definition) is 1. The van der Waals surface area contributed by atoms with E-state index >= 15 is 0 Å². The van der Waals surface area contributed by atoms with Crippen molar-refractivity contribution in [3.8, 4) is 0 Å². The van der Waals surface area contributed by atoms with Crippen LogP contribution in [0.2, 0.25) is 0 Å². The average Bonchev–Trinajstić information content (AvgIpc) is 1.85. The minimum atomic E-state index is -0.212. The average molecular weight is 180 g/mol. The quantitative estimate of drug-likeness (QED) is 0.396. The van der Waals surface area contributed by atoms with Gasteiger partial charge >= 0.3 is 0 Å². The van der Waals surface area contributed by atoms with Crippen LogP contribution < -0.4 is 0 Å². The van der Waals surface area contributed by atoms with Crippen molar-refractivity contribution >= 4 is 39.5 Å². The standard InChI is InChI=1S/C6H13PS2/c1-3-5-7(8)9-6-4-2/h5-6,9H,3-4H2,1-2H3. The van der Waals surface area contributed by atoms with E-state index in [1.165, 1.54) is 11.0 Å². The molecule has 0 bridgehead atoms. The highest BCUT2D eigenvalue weighted by Gasteiger charge is 1.68. The molecule has 3 heteroatoms. The predicted octanol–water partition coefficient (Wildman–Crippen LogP) is 2.74. The third-order valence-corrected chi connectivity index (χ3v) is 5.11. The molecule has 1 atom stereocenters. The van der Waals surface area contributed by atoms with Crippen molar-refractivity contribution in [3.63, 3.8) is 0 Å². The molecule has 0 radical (unpaired) electrons. The molecule has 9 heavy (non-hydrogen) atoms.